The maximum Gasteiger partial charge on any atom is 0.408 e. The third-order valence-corrected chi connectivity index (χ3v) is 9.20. The highest BCUT2D eigenvalue weighted by Gasteiger charge is 2.69. The van der Waals surface area contributed by atoms with Crippen molar-refractivity contribution in [2.75, 3.05) is 13.1 Å². The molecule has 0 aromatic heterocycles. The number of hydrogen-bond donors (Lipinski definition) is 3. The molecule has 0 aromatic rings. The topological polar surface area (TPSA) is 134 Å². The molecule has 0 bridgehead atoms. The van der Waals surface area contributed by atoms with Gasteiger partial charge in [-0.25, -0.2) is 4.79 Å². The maximum absolute atomic E-state index is 14.1. The Morgan fingerprint density at radius 1 is 1.05 bits per heavy atom. The monoisotopic (exact) mass is 560 g/mol. The summed E-state index contributed by atoms with van der Waals surface area (Å²) in [6.45, 7) is 14.0. The largest absolute Gasteiger partial charge is 0.446 e. The van der Waals surface area contributed by atoms with Crippen LogP contribution in [0.15, 0.2) is 12.7 Å². The van der Waals surface area contributed by atoms with Gasteiger partial charge in [0.15, 0.2) is 0 Å². The Hall–Kier alpha value is -2.91. The summed E-state index contributed by atoms with van der Waals surface area (Å²) in [5.74, 6) is -2.15. The van der Waals surface area contributed by atoms with Gasteiger partial charge in [0.05, 0.1) is 6.04 Å². The molecule has 2 saturated carbocycles. The third-order valence-electron chi connectivity index (χ3n) is 9.20. The van der Waals surface area contributed by atoms with Crippen LogP contribution in [0.3, 0.4) is 0 Å². The molecule has 10 nitrogen and oxygen atoms in total. The summed E-state index contributed by atoms with van der Waals surface area (Å²) in [7, 11) is 0. The van der Waals surface area contributed by atoms with Crippen LogP contribution in [0.5, 0.6) is 0 Å². The van der Waals surface area contributed by atoms with Gasteiger partial charge in [0.1, 0.15) is 18.2 Å². The fraction of sp³-hybridized carbons (Fsp3) is 0.767. The highest BCUT2D eigenvalue weighted by atomic mass is 16.6. The van der Waals surface area contributed by atoms with E-state index in [2.05, 4.69) is 36.4 Å². The molecule has 10 heteroatoms. The summed E-state index contributed by atoms with van der Waals surface area (Å²) in [5.41, 5.74) is -0.130. The summed E-state index contributed by atoms with van der Waals surface area (Å²) in [6.07, 6.45) is 6.49. The Labute approximate surface area is 238 Å². The van der Waals surface area contributed by atoms with E-state index in [-0.39, 0.29) is 41.7 Å². The van der Waals surface area contributed by atoms with Crippen molar-refractivity contribution >= 4 is 29.6 Å². The van der Waals surface area contributed by atoms with Crippen LogP contribution in [-0.4, -0.2) is 71.8 Å². The Morgan fingerprint density at radius 2 is 1.70 bits per heavy atom. The second-order valence-electron chi connectivity index (χ2n) is 12.1. The number of hydrogen-bond acceptors (Lipinski definition) is 6. The van der Waals surface area contributed by atoms with E-state index >= 15 is 0 Å². The van der Waals surface area contributed by atoms with E-state index < -0.39 is 41.8 Å². The minimum atomic E-state index is -0.987. The minimum Gasteiger partial charge on any atom is -0.446 e. The second kappa shape index (κ2) is 13.6. The molecule has 3 rings (SSSR count). The molecule has 2 aliphatic carbocycles. The molecule has 1 saturated heterocycles. The van der Waals surface area contributed by atoms with Crippen LogP contribution in [0.4, 0.5) is 4.79 Å². The number of likely N-dealkylation sites (tertiary alicyclic amines) is 1. The Bertz CT molecular complexity index is 971. The van der Waals surface area contributed by atoms with Gasteiger partial charge >= 0.3 is 6.09 Å². The number of Topliss-reactive ketones (excluding diaryl/α,β-unsaturated/α-hetero) is 1. The molecule has 4 amide bonds. The van der Waals surface area contributed by atoms with Crippen LogP contribution in [0.25, 0.3) is 0 Å². The van der Waals surface area contributed by atoms with Crippen LogP contribution in [0.1, 0.15) is 86.0 Å². The zero-order chi connectivity index (χ0) is 29.6. The van der Waals surface area contributed by atoms with Gasteiger partial charge in [0, 0.05) is 13.1 Å². The van der Waals surface area contributed by atoms with E-state index in [9.17, 15) is 24.0 Å². The maximum atomic E-state index is 14.1. The van der Waals surface area contributed by atoms with Crippen LogP contribution < -0.4 is 16.0 Å². The van der Waals surface area contributed by atoms with Gasteiger partial charge < -0.3 is 25.6 Å². The molecule has 1 aliphatic heterocycles. The summed E-state index contributed by atoms with van der Waals surface area (Å²) in [4.78, 5) is 67.5. The van der Waals surface area contributed by atoms with E-state index in [4.69, 9.17) is 4.74 Å². The number of nitrogens with one attached hydrogen (secondary N) is 3. The van der Waals surface area contributed by atoms with Crippen molar-refractivity contribution in [3.63, 3.8) is 0 Å². The molecule has 0 aromatic carbocycles. The summed E-state index contributed by atoms with van der Waals surface area (Å²) in [6, 6.07) is -2.55. The molecular formula is C30H48N4O6. The van der Waals surface area contributed by atoms with Gasteiger partial charge in [-0.15, -0.1) is 6.58 Å². The van der Waals surface area contributed by atoms with Gasteiger partial charge in [-0.2, -0.15) is 0 Å². The average molecular weight is 561 g/mol. The molecule has 40 heavy (non-hydrogen) atoms. The lowest BCUT2D eigenvalue weighted by molar-refractivity contribution is -0.144. The van der Waals surface area contributed by atoms with Crippen LogP contribution in [0.2, 0.25) is 0 Å². The Balaban J connectivity index is 1.81. The predicted octanol–water partition coefficient (Wildman–Crippen LogP) is 3.10. The van der Waals surface area contributed by atoms with Gasteiger partial charge in [-0.3, -0.25) is 19.2 Å². The average Bonchev–Trinajstić information content (AvgIpc) is 3.38. The number of piperidine rings is 1. The van der Waals surface area contributed by atoms with E-state index in [0.717, 1.165) is 25.7 Å². The van der Waals surface area contributed by atoms with Crippen molar-refractivity contribution in [1.82, 2.24) is 20.9 Å². The number of ketones is 1. The molecule has 3 N–H and O–H groups in total. The second-order valence-corrected chi connectivity index (χ2v) is 12.1. The first-order chi connectivity index (χ1) is 19.0. The van der Waals surface area contributed by atoms with Crippen molar-refractivity contribution < 1.29 is 28.7 Å². The standard InChI is InChI=1S/C30H48N4O6/c1-7-13-21(25(35)27(37)31-16-8-2)32-26(36)24-22-20(30(22,5)6)17-34(24)28(38)23(18-14-11-12-15-18)33-29(39)40-19(9-3)10-4/h8,18-24H,2,7,9-17H2,1,3-6H3,(H,31,37)(H,32,36)(H,33,39)/t20-,21?,22-,23+,24+/m1/s1. The molecule has 224 valence electrons. The Kier molecular flexibility index (Phi) is 10.8. The van der Waals surface area contributed by atoms with Gasteiger partial charge in [0.2, 0.25) is 17.6 Å². The van der Waals surface area contributed by atoms with Gasteiger partial charge in [-0.05, 0) is 55.3 Å². The van der Waals surface area contributed by atoms with Crippen LogP contribution >= 0.6 is 0 Å². The van der Waals surface area contributed by atoms with E-state index in [1.807, 2.05) is 20.8 Å². The van der Waals surface area contributed by atoms with Crippen molar-refractivity contribution in [1.29, 1.82) is 0 Å². The first-order valence-electron chi connectivity index (χ1n) is 15.0. The fourth-order valence-electron chi connectivity index (χ4n) is 6.66. The number of carbonyl (C=O) groups excluding carboxylic acids is 5. The highest BCUT2D eigenvalue weighted by molar-refractivity contribution is 6.38. The number of nitrogens with zero attached hydrogens (tertiary/aromatic N) is 1. The molecular weight excluding hydrogens is 512 g/mol. The van der Waals surface area contributed by atoms with Gasteiger partial charge in [0.25, 0.3) is 5.91 Å². The molecule has 1 unspecified atom stereocenters. The lowest BCUT2D eigenvalue weighted by atomic mass is 9.94. The molecule has 0 radical (unpaired) electrons. The SMILES string of the molecule is C=CCNC(=O)C(=O)C(CCC)NC(=O)[C@@H]1[C@H]2[C@@H](CN1C(=O)[C@@H](NC(=O)OC(CC)CC)C1CCCC1)C2(C)C. The molecule has 0 spiro atoms. The normalized spacial score (nSPS) is 24.6. The molecule has 3 fully saturated rings. The Morgan fingerprint density at radius 3 is 2.27 bits per heavy atom. The predicted molar refractivity (Wildman–Crippen MR) is 151 cm³/mol. The molecule has 5 atom stereocenters. The lowest BCUT2D eigenvalue weighted by Crippen LogP contribution is -2.59. The van der Waals surface area contributed by atoms with E-state index in [1.165, 1.54) is 6.08 Å². The number of carbonyl (C=O) groups is 5. The van der Waals surface area contributed by atoms with Crippen molar-refractivity contribution in [3.8, 4) is 0 Å². The zero-order valence-electron chi connectivity index (χ0n) is 24.8. The minimum absolute atomic E-state index is 0.0293. The summed E-state index contributed by atoms with van der Waals surface area (Å²) >= 11 is 0. The van der Waals surface area contributed by atoms with E-state index in [0.29, 0.717) is 32.2 Å². The highest BCUT2D eigenvalue weighted by Crippen LogP contribution is 2.65. The van der Waals surface area contributed by atoms with Crippen molar-refractivity contribution in [2.24, 2.45) is 23.2 Å². The van der Waals surface area contributed by atoms with Crippen molar-refractivity contribution in [2.45, 2.75) is 110 Å². The number of rotatable bonds is 14. The third kappa shape index (κ3) is 6.86. The van der Waals surface area contributed by atoms with Crippen LogP contribution in [-0.2, 0) is 23.9 Å². The smallest absolute Gasteiger partial charge is 0.408 e. The van der Waals surface area contributed by atoms with Crippen molar-refractivity contribution in [3.05, 3.63) is 12.7 Å². The van der Waals surface area contributed by atoms with E-state index in [1.54, 1.807) is 4.90 Å². The van der Waals surface area contributed by atoms with Crippen LogP contribution in [0, 0.1) is 23.2 Å². The van der Waals surface area contributed by atoms with Gasteiger partial charge in [-0.1, -0.05) is 60.0 Å². The fourth-order valence-corrected chi connectivity index (χ4v) is 6.66. The number of alkyl carbamates (subject to hydrolysis) is 1. The zero-order valence-corrected chi connectivity index (χ0v) is 24.8. The lowest BCUT2D eigenvalue weighted by Gasteiger charge is -2.35. The number of ether oxygens (including phenoxy) is 1. The number of amides is 4. The molecule has 3 aliphatic rings. The number of fused-ring (bicyclic) bond motifs is 1. The first-order valence-corrected chi connectivity index (χ1v) is 15.0. The summed E-state index contributed by atoms with van der Waals surface area (Å²) < 4.78 is 5.56. The summed E-state index contributed by atoms with van der Waals surface area (Å²) in [5, 5.41) is 8.15. The first kappa shape index (κ1) is 31.6. The molecule has 1 heterocycles. The quantitative estimate of drug-likeness (QED) is 0.221.